The van der Waals surface area contributed by atoms with E-state index in [9.17, 15) is 9.59 Å². The molecule has 0 fully saturated rings. The van der Waals surface area contributed by atoms with Crippen molar-refractivity contribution in [1.82, 2.24) is 5.32 Å². The lowest BCUT2D eigenvalue weighted by Crippen LogP contribution is -2.28. The number of urea groups is 1. The van der Waals surface area contributed by atoms with Crippen LogP contribution in [-0.2, 0) is 0 Å². The minimum atomic E-state index is -0.487. The Labute approximate surface area is 169 Å². The fourth-order valence-corrected chi connectivity index (χ4v) is 3.65. The van der Waals surface area contributed by atoms with Crippen LogP contribution in [0.3, 0.4) is 0 Å². The standard InChI is InChI=1S/C16H14Br3N3O3/c17-9-1-2-13(15(24)20-3-4-23)14(8-9)22-16(25)21-12-6-10(18)5-11(19)7-12/h1-2,5-8,23H,3-4H2,(H,20,24)(H2,21,22,25). The van der Waals surface area contributed by atoms with Gasteiger partial charge in [-0.25, -0.2) is 4.79 Å². The molecule has 0 heterocycles. The van der Waals surface area contributed by atoms with Gasteiger partial charge in [0, 0.05) is 25.7 Å². The number of carbonyl (C=O) groups excluding carboxylic acids is 2. The summed E-state index contributed by atoms with van der Waals surface area (Å²) in [5.41, 5.74) is 1.22. The van der Waals surface area contributed by atoms with Crippen molar-refractivity contribution in [1.29, 1.82) is 0 Å². The van der Waals surface area contributed by atoms with Gasteiger partial charge in [-0.1, -0.05) is 47.8 Å². The summed E-state index contributed by atoms with van der Waals surface area (Å²) in [6.45, 7) is -0.0319. The van der Waals surface area contributed by atoms with Gasteiger partial charge in [0.05, 0.1) is 17.9 Å². The van der Waals surface area contributed by atoms with E-state index in [2.05, 4.69) is 63.7 Å². The minimum absolute atomic E-state index is 0.132. The molecule has 0 aliphatic heterocycles. The SMILES string of the molecule is O=C(Nc1cc(Br)cc(Br)c1)Nc1cc(Br)ccc1C(=O)NCCO. The largest absolute Gasteiger partial charge is 0.395 e. The van der Waals surface area contributed by atoms with Crippen LogP contribution in [0.5, 0.6) is 0 Å². The van der Waals surface area contributed by atoms with Crippen molar-refractivity contribution in [2.75, 3.05) is 23.8 Å². The third-order valence-electron chi connectivity index (χ3n) is 2.99. The molecule has 25 heavy (non-hydrogen) atoms. The molecule has 2 rings (SSSR count). The summed E-state index contributed by atoms with van der Waals surface area (Å²) < 4.78 is 2.33. The van der Waals surface area contributed by atoms with Gasteiger partial charge in [0.25, 0.3) is 5.91 Å². The monoisotopic (exact) mass is 533 g/mol. The minimum Gasteiger partial charge on any atom is -0.395 e. The molecule has 2 aromatic rings. The number of hydrogen-bond acceptors (Lipinski definition) is 3. The number of halogens is 3. The van der Waals surface area contributed by atoms with E-state index in [-0.39, 0.29) is 19.1 Å². The average molecular weight is 536 g/mol. The van der Waals surface area contributed by atoms with Gasteiger partial charge in [-0.2, -0.15) is 0 Å². The number of carbonyl (C=O) groups is 2. The lowest BCUT2D eigenvalue weighted by molar-refractivity contribution is 0.0945. The predicted molar refractivity (Wildman–Crippen MR) is 108 cm³/mol. The van der Waals surface area contributed by atoms with Crippen LogP contribution in [-0.4, -0.2) is 30.2 Å². The lowest BCUT2D eigenvalue weighted by atomic mass is 10.1. The summed E-state index contributed by atoms with van der Waals surface area (Å²) in [6.07, 6.45) is 0. The third kappa shape index (κ3) is 6.10. The first-order valence-corrected chi connectivity index (χ1v) is 9.49. The fourth-order valence-electron chi connectivity index (χ4n) is 1.99. The van der Waals surface area contributed by atoms with E-state index >= 15 is 0 Å². The normalized spacial score (nSPS) is 10.2. The molecule has 0 saturated heterocycles. The van der Waals surface area contributed by atoms with E-state index in [0.717, 1.165) is 8.95 Å². The summed E-state index contributed by atoms with van der Waals surface area (Å²) >= 11 is 10.0. The van der Waals surface area contributed by atoms with Crippen LogP contribution in [0.1, 0.15) is 10.4 Å². The topological polar surface area (TPSA) is 90.5 Å². The van der Waals surface area contributed by atoms with Crippen LogP contribution in [0.25, 0.3) is 0 Å². The zero-order valence-electron chi connectivity index (χ0n) is 12.8. The molecule has 2 aromatic carbocycles. The molecule has 3 amide bonds. The Morgan fingerprint density at radius 1 is 0.920 bits per heavy atom. The lowest BCUT2D eigenvalue weighted by Gasteiger charge is -2.13. The summed E-state index contributed by atoms with van der Waals surface area (Å²) in [7, 11) is 0. The predicted octanol–water partition coefficient (Wildman–Crippen LogP) is 4.34. The van der Waals surface area contributed by atoms with Crippen molar-refractivity contribution >= 4 is 71.1 Å². The maximum Gasteiger partial charge on any atom is 0.323 e. The van der Waals surface area contributed by atoms with Gasteiger partial charge in [0.1, 0.15) is 0 Å². The number of aliphatic hydroxyl groups is 1. The van der Waals surface area contributed by atoms with Crippen molar-refractivity contribution in [2.24, 2.45) is 0 Å². The molecular formula is C16H14Br3N3O3. The zero-order valence-corrected chi connectivity index (χ0v) is 17.5. The van der Waals surface area contributed by atoms with Crippen LogP contribution in [0, 0.1) is 0 Å². The molecule has 0 aliphatic rings. The number of amides is 3. The second-order valence-electron chi connectivity index (χ2n) is 4.91. The molecule has 0 unspecified atom stereocenters. The van der Waals surface area contributed by atoms with Crippen LogP contribution in [0.4, 0.5) is 16.2 Å². The average Bonchev–Trinajstić information content (AvgIpc) is 2.51. The molecule has 0 atom stereocenters. The Balaban J connectivity index is 2.16. The summed E-state index contributed by atoms with van der Waals surface area (Å²) in [5, 5.41) is 16.7. The van der Waals surface area contributed by atoms with Gasteiger partial charge < -0.3 is 21.1 Å². The summed E-state index contributed by atoms with van der Waals surface area (Å²) in [4.78, 5) is 24.4. The molecule has 4 N–H and O–H groups in total. The Bertz CT molecular complexity index is 779. The van der Waals surface area contributed by atoms with Crippen molar-refractivity contribution < 1.29 is 14.7 Å². The molecule has 0 radical (unpaired) electrons. The zero-order chi connectivity index (χ0) is 18.4. The maximum atomic E-state index is 12.3. The van der Waals surface area contributed by atoms with E-state index in [1.165, 1.54) is 0 Å². The van der Waals surface area contributed by atoms with Gasteiger partial charge in [-0.3, -0.25) is 4.79 Å². The highest BCUT2D eigenvalue weighted by Gasteiger charge is 2.14. The van der Waals surface area contributed by atoms with E-state index in [4.69, 9.17) is 5.11 Å². The second kappa shape index (κ2) is 9.33. The van der Waals surface area contributed by atoms with Gasteiger partial charge >= 0.3 is 6.03 Å². The highest BCUT2D eigenvalue weighted by molar-refractivity contribution is 9.11. The van der Waals surface area contributed by atoms with Crippen LogP contribution in [0.15, 0.2) is 49.8 Å². The Kier molecular flexibility index (Phi) is 7.42. The van der Waals surface area contributed by atoms with E-state index in [1.807, 2.05) is 6.07 Å². The second-order valence-corrected chi connectivity index (χ2v) is 7.65. The van der Waals surface area contributed by atoms with Gasteiger partial charge in [0.15, 0.2) is 0 Å². The molecule has 9 heteroatoms. The Hall–Kier alpha value is -1.42. The molecule has 0 bridgehead atoms. The first-order valence-electron chi connectivity index (χ1n) is 7.12. The Morgan fingerprint density at radius 3 is 2.24 bits per heavy atom. The van der Waals surface area contributed by atoms with Gasteiger partial charge in [-0.05, 0) is 36.4 Å². The first kappa shape index (κ1) is 19.9. The number of nitrogens with one attached hydrogen (secondary N) is 3. The van der Waals surface area contributed by atoms with E-state index in [0.29, 0.717) is 21.4 Å². The van der Waals surface area contributed by atoms with Crippen molar-refractivity contribution in [3.8, 4) is 0 Å². The summed E-state index contributed by atoms with van der Waals surface area (Å²) in [6, 6.07) is 9.77. The first-order chi connectivity index (χ1) is 11.9. The molecule has 0 spiro atoms. The molecule has 0 saturated carbocycles. The number of rotatable bonds is 5. The Morgan fingerprint density at radius 2 is 1.60 bits per heavy atom. The molecule has 6 nitrogen and oxygen atoms in total. The number of anilines is 2. The highest BCUT2D eigenvalue weighted by atomic mass is 79.9. The maximum absolute atomic E-state index is 12.3. The summed E-state index contributed by atoms with van der Waals surface area (Å²) in [5.74, 6) is -0.387. The smallest absolute Gasteiger partial charge is 0.323 e. The highest BCUT2D eigenvalue weighted by Crippen LogP contribution is 2.25. The van der Waals surface area contributed by atoms with Crippen LogP contribution >= 0.6 is 47.8 Å². The van der Waals surface area contributed by atoms with Gasteiger partial charge in [0.2, 0.25) is 0 Å². The number of hydrogen-bond donors (Lipinski definition) is 4. The van der Waals surface area contributed by atoms with Crippen molar-refractivity contribution in [3.63, 3.8) is 0 Å². The molecular weight excluding hydrogens is 522 g/mol. The fraction of sp³-hybridized carbons (Fsp3) is 0.125. The van der Waals surface area contributed by atoms with E-state index in [1.54, 1.807) is 30.3 Å². The molecule has 0 aliphatic carbocycles. The van der Waals surface area contributed by atoms with Crippen molar-refractivity contribution in [3.05, 3.63) is 55.4 Å². The van der Waals surface area contributed by atoms with Crippen molar-refractivity contribution in [2.45, 2.75) is 0 Å². The number of aliphatic hydroxyl groups excluding tert-OH is 1. The van der Waals surface area contributed by atoms with Crippen LogP contribution in [0.2, 0.25) is 0 Å². The molecule has 132 valence electrons. The molecule has 0 aromatic heterocycles. The van der Waals surface area contributed by atoms with Crippen LogP contribution < -0.4 is 16.0 Å². The van der Waals surface area contributed by atoms with Gasteiger partial charge in [-0.15, -0.1) is 0 Å². The third-order valence-corrected chi connectivity index (χ3v) is 4.40. The van der Waals surface area contributed by atoms with E-state index < -0.39 is 6.03 Å². The quantitative estimate of drug-likeness (QED) is 0.459. The number of benzene rings is 2.